The Morgan fingerprint density at radius 3 is 2.30 bits per heavy atom. The third-order valence-electron chi connectivity index (χ3n) is 3.08. The molecule has 1 aliphatic heterocycles. The summed E-state index contributed by atoms with van der Waals surface area (Å²) in [6.07, 6.45) is -1.96. The van der Waals surface area contributed by atoms with Gasteiger partial charge in [-0.3, -0.25) is 4.79 Å². The van der Waals surface area contributed by atoms with Crippen LogP contribution in [0.25, 0.3) is 0 Å². The Labute approximate surface area is 116 Å². The Morgan fingerprint density at radius 1 is 1.20 bits per heavy atom. The molecule has 0 saturated carbocycles. The molecule has 7 nitrogen and oxygen atoms in total. The van der Waals surface area contributed by atoms with Gasteiger partial charge in [0.25, 0.3) is 0 Å². The van der Waals surface area contributed by atoms with Crippen molar-refractivity contribution in [2.75, 3.05) is 19.6 Å². The average Bonchev–Trinajstić information content (AvgIpc) is 2.77. The van der Waals surface area contributed by atoms with E-state index in [-0.39, 0.29) is 18.0 Å². The average molecular weight is 300 g/mol. The van der Waals surface area contributed by atoms with E-state index in [0.29, 0.717) is 0 Å². The lowest BCUT2D eigenvalue weighted by Crippen LogP contribution is -2.39. The van der Waals surface area contributed by atoms with Crippen molar-refractivity contribution < 1.29 is 23.4 Å². The summed E-state index contributed by atoms with van der Waals surface area (Å²) in [6, 6.07) is 7.72. The molecule has 0 radical (unpaired) electrons. The molecule has 0 bridgehead atoms. The highest BCUT2D eigenvalue weighted by molar-refractivity contribution is 7.89. The molecule has 2 atom stereocenters. The van der Waals surface area contributed by atoms with E-state index in [1.165, 1.54) is 17.0 Å². The Balaban J connectivity index is 1.94. The van der Waals surface area contributed by atoms with Crippen molar-refractivity contribution in [1.82, 2.24) is 9.62 Å². The minimum absolute atomic E-state index is 0.00701. The molecule has 1 fully saturated rings. The lowest BCUT2D eigenvalue weighted by molar-refractivity contribution is -0.129. The first-order chi connectivity index (χ1) is 9.40. The molecular formula is C12H16N2O5S. The number of nitrogens with zero attached hydrogens (tertiary/aromatic N) is 1. The van der Waals surface area contributed by atoms with E-state index in [1.807, 2.05) is 0 Å². The molecule has 1 aromatic carbocycles. The van der Waals surface area contributed by atoms with Crippen molar-refractivity contribution >= 4 is 15.9 Å². The first kappa shape index (κ1) is 14.9. The number of rotatable bonds is 4. The van der Waals surface area contributed by atoms with Crippen molar-refractivity contribution in [2.45, 2.75) is 17.1 Å². The van der Waals surface area contributed by atoms with E-state index in [4.69, 9.17) is 0 Å². The zero-order chi connectivity index (χ0) is 14.8. The summed E-state index contributed by atoms with van der Waals surface area (Å²) < 4.78 is 26.0. The predicted octanol–water partition coefficient (Wildman–Crippen LogP) is -1.47. The number of aliphatic hydroxyl groups is 2. The fraction of sp³-hybridized carbons (Fsp3) is 0.417. The van der Waals surface area contributed by atoms with Crippen molar-refractivity contribution in [3.05, 3.63) is 30.3 Å². The maximum atomic E-state index is 11.9. The van der Waals surface area contributed by atoms with Gasteiger partial charge in [0.05, 0.1) is 23.6 Å². The Hall–Kier alpha value is -1.48. The lowest BCUT2D eigenvalue weighted by Gasteiger charge is -2.15. The van der Waals surface area contributed by atoms with Gasteiger partial charge < -0.3 is 15.1 Å². The fourth-order valence-electron chi connectivity index (χ4n) is 1.92. The van der Waals surface area contributed by atoms with Crippen LogP contribution in [0, 0.1) is 0 Å². The second kappa shape index (κ2) is 5.88. The largest absolute Gasteiger partial charge is 0.388 e. The molecule has 8 heteroatoms. The molecule has 1 amide bonds. The number of benzene rings is 1. The highest BCUT2D eigenvalue weighted by atomic mass is 32.2. The van der Waals surface area contributed by atoms with Crippen LogP contribution < -0.4 is 4.72 Å². The molecule has 20 heavy (non-hydrogen) atoms. The number of likely N-dealkylation sites (tertiary alicyclic amines) is 1. The molecule has 1 aliphatic rings. The third kappa shape index (κ3) is 3.34. The molecule has 3 N–H and O–H groups in total. The molecule has 2 rings (SSSR count). The van der Waals surface area contributed by atoms with Crippen LogP contribution in [0.1, 0.15) is 0 Å². The quantitative estimate of drug-likeness (QED) is 0.629. The molecule has 1 aromatic rings. The van der Waals surface area contributed by atoms with Gasteiger partial charge in [-0.15, -0.1) is 0 Å². The molecule has 0 aliphatic carbocycles. The predicted molar refractivity (Wildman–Crippen MR) is 70.2 cm³/mol. The van der Waals surface area contributed by atoms with Crippen LogP contribution in [0.2, 0.25) is 0 Å². The normalized spacial score (nSPS) is 23.0. The maximum absolute atomic E-state index is 11.9. The van der Waals surface area contributed by atoms with Gasteiger partial charge in [-0.2, -0.15) is 0 Å². The molecule has 0 unspecified atom stereocenters. The number of aliphatic hydroxyl groups excluding tert-OH is 2. The number of carbonyl (C=O) groups is 1. The number of β-amino-alcohol motifs (C(OH)–C–C–N with tert-alkyl or cyclic N) is 2. The first-order valence-corrected chi connectivity index (χ1v) is 7.57. The van der Waals surface area contributed by atoms with E-state index in [1.54, 1.807) is 18.2 Å². The highest BCUT2D eigenvalue weighted by Crippen LogP contribution is 2.10. The van der Waals surface area contributed by atoms with Crippen LogP contribution in [-0.4, -0.2) is 61.3 Å². The number of sulfonamides is 1. The summed E-state index contributed by atoms with van der Waals surface area (Å²) in [5.74, 6) is -0.486. The standard InChI is InChI=1S/C12H16N2O5S/c15-10-7-14(8-11(10)16)12(17)6-13-20(18,19)9-4-2-1-3-5-9/h1-5,10-11,13,15-16H,6-8H2/t10-,11+. The second-order valence-electron chi connectivity index (χ2n) is 4.57. The summed E-state index contributed by atoms with van der Waals surface area (Å²) in [4.78, 5) is 13.1. The van der Waals surface area contributed by atoms with Gasteiger partial charge in [-0.1, -0.05) is 18.2 Å². The van der Waals surface area contributed by atoms with Crippen molar-refractivity contribution in [3.8, 4) is 0 Å². The van der Waals surface area contributed by atoms with E-state index in [2.05, 4.69) is 4.72 Å². The second-order valence-corrected chi connectivity index (χ2v) is 6.34. The fourth-order valence-corrected chi connectivity index (χ4v) is 2.92. The van der Waals surface area contributed by atoms with Gasteiger partial charge in [-0.05, 0) is 12.1 Å². The Kier molecular flexibility index (Phi) is 4.39. The monoisotopic (exact) mass is 300 g/mol. The van der Waals surface area contributed by atoms with Crippen molar-refractivity contribution in [2.24, 2.45) is 0 Å². The van der Waals surface area contributed by atoms with E-state index in [0.717, 1.165) is 0 Å². The molecule has 1 heterocycles. The zero-order valence-electron chi connectivity index (χ0n) is 10.6. The number of amides is 1. The highest BCUT2D eigenvalue weighted by Gasteiger charge is 2.32. The van der Waals surface area contributed by atoms with Crippen LogP contribution in [-0.2, 0) is 14.8 Å². The van der Waals surface area contributed by atoms with E-state index in [9.17, 15) is 23.4 Å². The van der Waals surface area contributed by atoms with Gasteiger partial charge in [0.2, 0.25) is 15.9 Å². The number of hydrogen-bond acceptors (Lipinski definition) is 5. The van der Waals surface area contributed by atoms with Crippen LogP contribution in [0.3, 0.4) is 0 Å². The van der Waals surface area contributed by atoms with Crippen molar-refractivity contribution in [3.63, 3.8) is 0 Å². The SMILES string of the molecule is O=C(CNS(=O)(=O)c1ccccc1)N1C[C@@H](O)[C@@H](O)C1. The summed E-state index contributed by atoms with van der Waals surface area (Å²) >= 11 is 0. The zero-order valence-corrected chi connectivity index (χ0v) is 11.5. The molecule has 0 aromatic heterocycles. The molecular weight excluding hydrogens is 284 g/mol. The van der Waals surface area contributed by atoms with E-state index < -0.39 is 34.7 Å². The summed E-state index contributed by atoms with van der Waals surface area (Å²) in [7, 11) is -3.73. The van der Waals surface area contributed by atoms with E-state index >= 15 is 0 Å². The van der Waals surface area contributed by atoms with Crippen LogP contribution in [0.5, 0.6) is 0 Å². The van der Waals surface area contributed by atoms with Crippen LogP contribution in [0.4, 0.5) is 0 Å². The van der Waals surface area contributed by atoms with Gasteiger partial charge in [0.1, 0.15) is 0 Å². The minimum atomic E-state index is -3.73. The summed E-state index contributed by atoms with van der Waals surface area (Å²) in [5, 5.41) is 18.7. The third-order valence-corrected chi connectivity index (χ3v) is 4.50. The number of hydrogen-bond donors (Lipinski definition) is 3. The van der Waals surface area contributed by atoms with Gasteiger partial charge in [0, 0.05) is 13.1 Å². The molecule has 1 saturated heterocycles. The van der Waals surface area contributed by atoms with Crippen LogP contribution >= 0.6 is 0 Å². The van der Waals surface area contributed by atoms with Crippen molar-refractivity contribution in [1.29, 1.82) is 0 Å². The number of nitrogens with one attached hydrogen (secondary N) is 1. The Bertz CT molecular complexity index is 565. The van der Waals surface area contributed by atoms with Gasteiger partial charge in [0.15, 0.2) is 0 Å². The molecule has 0 spiro atoms. The lowest BCUT2D eigenvalue weighted by atomic mass is 10.3. The number of carbonyl (C=O) groups excluding carboxylic acids is 1. The van der Waals surface area contributed by atoms with Crippen LogP contribution in [0.15, 0.2) is 35.2 Å². The smallest absolute Gasteiger partial charge is 0.241 e. The topological polar surface area (TPSA) is 107 Å². The minimum Gasteiger partial charge on any atom is -0.388 e. The van der Waals surface area contributed by atoms with Gasteiger partial charge in [-0.25, -0.2) is 13.1 Å². The first-order valence-electron chi connectivity index (χ1n) is 6.09. The Morgan fingerprint density at radius 2 is 1.75 bits per heavy atom. The van der Waals surface area contributed by atoms with Gasteiger partial charge >= 0.3 is 0 Å². The molecule has 110 valence electrons. The summed E-state index contributed by atoms with van der Waals surface area (Å²) in [5.41, 5.74) is 0. The summed E-state index contributed by atoms with van der Waals surface area (Å²) in [6.45, 7) is -0.392. The maximum Gasteiger partial charge on any atom is 0.241 e.